The molecule has 0 aliphatic carbocycles. The van der Waals surface area contributed by atoms with E-state index in [0.717, 1.165) is 12.8 Å². The minimum absolute atomic E-state index is 0.233. The fourth-order valence-electron chi connectivity index (χ4n) is 1.09. The molecule has 0 aromatic carbocycles. The van der Waals surface area contributed by atoms with Crippen LogP contribution in [0.15, 0.2) is 10.6 Å². The first kappa shape index (κ1) is 11.2. The SMILES string of the molecule is Cc1cc(C(=O)NCCCCC#N)no1. The molecule has 0 spiro atoms. The summed E-state index contributed by atoms with van der Waals surface area (Å²) in [7, 11) is 0. The molecule has 1 amide bonds. The Morgan fingerprint density at radius 2 is 2.47 bits per heavy atom. The molecule has 0 unspecified atom stereocenters. The first-order chi connectivity index (χ1) is 7.24. The maximum absolute atomic E-state index is 11.4. The third-order valence-corrected chi connectivity index (χ3v) is 1.86. The van der Waals surface area contributed by atoms with Gasteiger partial charge in [-0.05, 0) is 19.8 Å². The van der Waals surface area contributed by atoms with Crippen molar-refractivity contribution in [2.75, 3.05) is 6.54 Å². The maximum Gasteiger partial charge on any atom is 0.273 e. The lowest BCUT2D eigenvalue weighted by atomic mass is 10.2. The molecule has 0 bridgehead atoms. The molecule has 0 radical (unpaired) electrons. The summed E-state index contributed by atoms with van der Waals surface area (Å²) in [4.78, 5) is 11.4. The van der Waals surface area contributed by atoms with E-state index in [4.69, 9.17) is 9.78 Å². The van der Waals surface area contributed by atoms with Gasteiger partial charge < -0.3 is 9.84 Å². The predicted molar refractivity (Wildman–Crippen MR) is 53.0 cm³/mol. The number of nitrogens with one attached hydrogen (secondary N) is 1. The van der Waals surface area contributed by atoms with Gasteiger partial charge in [0.15, 0.2) is 5.69 Å². The van der Waals surface area contributed by atoms with Crippen LogP contribution in [-0.2, 0) is 0 Å². The van der Waals surface area contributed by atoms with Crippen LogP contribution < -0.4 is 5.32 Å². The third-order valence-electron chi connectivity index (χ3n) is 1.86. The van der Waals surface area contributed by atoms with Crippen molar-refractivity contribution in [2.24, 2.45) is 0 Å². The lowest BCUT2D eigenvalue weighted by molar-refractivity contribution is 0.0944. The number of amides is 1. The number of carbonyl (C=O) groups excluding carboxylic acids is 1. The summed E-state index contributed by atoms with van der Waals surface area (Å²) in [5.41, 5.74) is 0.299. The number of rotatable bonds is 5. The standard InChI is InChI=1S/C10H13N3O2/c1-8-7-9(13-15-8)10(14)12-6-4-2-3-5-11/h7H,2-4,6H2,1H3,(H,12,14). The first-order valence-electron chi connectivity index (χ1n) is 4.82. The van der Waals surface area contributed by atoms with Crippen molar-refractivity contribution in [1.29, 1.82) is 5.26 Å². The summed E-state index contributed by atoms with van der Waals surface area (Å²) < 4.78 is 4.78. The van der Waals surface area contributed by atoms with E-state index in [0.29, 0.717) is 24.4 Å². The molecule has 0 saturated heterocycles. The molecule has 0 atom stereocenters. The average molecular weight is 207 g/mol. The average Bonchev–Trinajstić information content (AvgIpc) is 2.64. The first-order valence-corrected chi connectivity index (χ1v) is 4.82. The normalized spacial score (nSPS) is 9.60. The zero-order valence-electron chi connectivity index (χ0n) is 8.62. The summed E-state index contributed by atoms with van der Waals surface area (Å²) in [5.74, 6) is 0.383. The van der Waals surface area contributed by atoms with Crippen LogP contribution in [0, 0.1) is 18.3 Å². The Balaban J connectivity index is 2.23. The van der Waals surface area contributed by atoms with Crippen LogP contribution in [0.5, 0.6) is 0 Å². The van der Waals surface area contributed by atoms with Gasteiger partial charge in [0, 0.05) is 19.0 Å². The van der Waals surface area contributed by atoms with E-state index in [1.807, 2.05) is 0 Å². The Kier molecular flexibility index (Phi) is 4.35. The van der Waals surface area contributed by atoms with E-state index in [1.165, 1.54) is 0 Å². The molecule has 0 aliphatic rings. The van der Waals surface area contributed by atoms with E-state index in [2.05, 4.69) is 16.5 Å². The fourth-order valence-corrected chi connectivity index (χ4v) is 1.09. The summed E-state index contributed by atoms with van der Waals surface area (Å²) in [5, 5.41) is 14.6. The van der Waals surface area contributed by atoms with Crippen molar-refractivity contribution in [2.45, 2.75) is 26.2 Å². The zero-order valence-corrected chi connectivity index (χ0v) is 8.62. The van der Waals surface area contributed by atoms with Crippen molar-refractivity contribution in [3.05, 3.63) is 17.5 Å². The molecule has 15 heavy (non-hydrogen) atoms. The van der Waals surface area contributed by atoms with Crippen LogP contribution in [0.4, 0.5) is 0 Å². The van der Waals surface area contributed by atoms with Gasteiger partial charge in [-0.3, -0.25) is 4.79 Å². The molecule has 1 heterocycles. The van der Waals surface area contributed by atoms with E-state index in [-0.39, 0.29) is 5.91 Å². The van der Waals surface area contributed by atoms with Crippen molar-refractivity contribution in [3.63, 3.8) is 0 Å². The van der Waals surface area contributed by atoms with Gasteiger partial charge in [-0.15, -0.1) is 0 Å². The van der Waals surface area contributed by atoms with Gasteiger partial charge >= 0.3 is 0 Å². The van der Waals surface area contributed by atoms with E-state index in [9.17, 15) is 4.79 Å². The van der Waals surface area contributed by atoms with Gasteiger partial charge in [0.25, 0.3) is 5.91 Å². The number of aryl methyl sites for hydroxylation is 1. The van der Waals surface area contributed by atoms with E-state index < -0.39 is 0 Å². The molecule has 1 aromatic heterocycles. The van der Waals surface area contributed by atoms with Crippen LogP contribution in [0.25, 0.3) is 0 Å². The van der Waals surface area contributed by atoms with Gasteiger partial charge in [0.05, 0.1) is 6.07 Å². The Bertz CT molecular complexity index is 365. The molecule has 1 rings (SSSR count). The number of nitriles is 1. The molecule has 5 nitrogen and oxygen atoms in total. The van der Waals surface area contributed by atoms with Gasteiger partial charge in [-0.2, -0.15) is 5.26 Å². The second-order valence-corrected chi connectivity index (χ2v) is 3.19. The molecule has 0 fully saturated rings. The highest BCUT2D eigenvalue weighted by Crippen LogP contribution is 2.01. The molecule has 5 heteroatoms. The Hall–Kier alpha value is -1.83. The largest absolute Gasteiger partial charge is 0.361 e. The number of hydrogen-bond acceptors (Lipinski definition) is 4. The van der Waals surface area contributed by atoms with Crippen molar-refractivity contribution in [1.82, 2.24) is 10.5 Å². The lowest BCUT2D eigenvalue weighted by Crippen LogP contribution is -2.24. The van der Waals surface area contributed by atoms with Crippen LogP contribution in [-0.4, -0.2) is 17.6 Å². The number of aromatic nitrogens is 1. The zero-order chi connectivity index (χ0) is 11.1. The Morgan fingerprint density at radius 3 is 3.07 bits per heavy atom. The molecular weight excluding hydrogens is 194 g/mol. The molecule has 1 N–H and O–H groups in total. The summed E-state index contributed by atoms with van der Waals surface area (Å²) in [6.45, 7) is 2.29. The number of carbonyl (C=O) groups is 1. The highest BCUT2D eigenvalue weighted by atomic mass is 16.5. The summed E-state index contributed by atoms with van der Waals surface area (Å²) in [6, 6.07) is 3.64. The Labute approximate surface area is 88.1 Å². The van der Waals surface area contributed by atoms with Gasteiger partial charge in [0.1, 0.15) is 5.76 Å². The molecule has 0 aliphatic heterocycles. The number of unbranched alkanes of at least 4 members (excludes halogenated alkanes) is 2. The maximum atomic E-state index is 11.4. The monoisotopic (exact) mass is 207 g/mol. The minimum Gasteiger partial charge on any atom is -0.361 e. The van der Waals surface area contributed by atoms with Gasteiger partial charge in [0.2, 0.25) is 0 Å². The topological polar surface area (TPSA) is 78.9 Å². The van der Waals surface area contributed by atoms with Crippen LogP contribution >= 0.6 is 0 Å². The van der Waals surface area contributed by atoms with Gasteiger partial charge in [-0.25, -0.2) is 0 Å². The van der Waals surface area contributed by atoms with Crippen molar-refractivity contribution in [3.8, 4) is 6.07 Å². The lowest BCUT2D eigenvalue weighted by Gasteiger charge is -2.00. The molecule has 80 valence electrons. The smallest absolute Gasteiger partial charge is 0.273 e. The van der Waals surface area contributed by atoms with Crippen molar-refractivity contribution >= 4 is 5.91 Å². The second-order valence-electron chi connectivity index (χ2n) is 3.19. The van der Waals surface area contributed by atoms with Crippen LogP contribution in [0.2, 0.25) is 0 Å². The van der Waals surface area contributed by atoms with Gasteiger partial charge in [-0.1, -0.05) is 5.16 Å². The quantitative estimate of drug-likeness (QED) is 0.740. The number of hydrogen-bond donors (Lipinski definition) is 1. The van der Waals surface area contributed by atoms with E-state index >= 15 is 0 Å². The molecule has 0 saturated carbocycles. The molecular formula is C10H13N3O2. The van der Waals surface area contributed by atoms with E-state index in [1.54, 1.807) is 13.0 Å². The fraction of sp³-hybridized carbons (Fsp3) is 0.500. The Morgan fingerprint density at radius 1 is 1.67 bits per heavy atom. The second kappa shape index (κ2) is 5.81. The molecule has 1 aromatic rings. The highest BCUT2D eigenvalue weighted by Gasteiger charge is 2.09. The summed E-state index contributed by atoms with van der Waals surface area (Å²) in [6.07, 6.45) is 2.13. The minimum atomic E-state index is -0.233. The highest BCUT2D eigenvalue weighted by molar-refractivity contribution is 5.92. The van der Waals surface area contributed by atoms with Crippen LogP contribution in [0.3, 0.4) is 0 Å². The summed E-state index contributed by atoms with van der Waals surface area (Å²) >= 11 is 0. The van der Waals surface area contributed by atoms with Crippen molar-refractivity contribution < 1.29 is 9.32 Å². The predicted octanol–water partition coefficient (Wildman–Crippen LogP) is 1.41. The third kappa shape index (κ3) is 3.81. The van der Waals surface area contributed by atoms with Crippen LogP contribution in [0.1, 0.15) is 35.5 Å². The number of nitrogens with zero attached hydrogens (tertiary/aromatic N) is 2.